The zero-order valence-corrected chi connectivity index (χ0v) is 14.4. The fourth-order valence-electron chi connectivity index (χ4n) is 3.68. The summed E-state index contributed by atoms with van der Waals surface area (Å²) in [6.07, 6.45) is 1.15. The number of anilines is 1. The highest BCUT2D eigenvalue weighted by atomic mass is 15.4. The smallest absolute Gasteiger partial charge is 0.185 e. The van der Waals surface area contributed by atoms with Crippen molar-refractivity contribution in [1.82, 2.24) is 19.8 Å². The molecule has 0 bridgehead atoms. The standard InChI is InChI=1S/C21H19N5/c1-3-7-16(8-4-1)18-13-14-25(15-18)20-12-11-19-22-23-21(26(19)24-20)17-9-5-2-6-10-17/h1-12,18H,13-15H2. The number of nitrogens with zero attached hydrogens (tertiary/aromatic N) is 5. The molecule has 128 valence electrons. The van der Waals surface area contributed by atoms with Crippen LogP contribution in [0.4, 0.5) is 5.82 Å². The number of fused-ring (bicyclic) bond motifs is 1. The first kappa shape index (κ1) is 15.1. The van der Waals surface area contributed by atoms with Crippen molar-refractivity contribution in [2.45, 2.75) is 12.3 Å². The van der Waals surface area contributed by atoms with E-state index in [0.717, 1.165) is 42.4 Å². The Bertz CT molecular complexity index is 1030. The lowest BCUT2D eigenvalue weighted by molar-refractivity contribution is 0.772. The van der Waals surface area contributed by atoms with E-state index in [1.807, 2.05) is 47.0 Å². The summed E-state index contributed by atoms with van der Waals surface area (Å²) in [4.78, 5) is 2.35. The van der Waals surface area contributed by atoms with E-state index in [1.54, 1.807) is 0 Å². The fourth-order valence-corrected chi connectivity index (χ4v) is 3.68. The first-order chi connectivity index (χ1) is 12.9. The molecule has 4 aromatic rings. The van der Waals surface area contributed by atoms with Crippen LogP contribution in [0.1, 0.15) is 17.9 Å². The van der Waals surface area contributed by atoms with Crippen molar-refractivity contribution in [3.63, 3.8) is 0 Å². The summed E-state index contributed by atoms with van der Waals surface area (Å²) in [5.41, 5.74) is 3.20. The molecule has 1 fully saturated rings. The third kappa shape index (κ3) is 2.62. The molecule has 5 nitrogen and oxygen atoms in total. The van der Waals surface area contributed by atoms with Crippen LogP contribution in [0.25, 0.3) is 17.0 Å². The second kappa shape index (κ2) is 6.26. The van der Waals surface area contributed by atoms with Crippen LogP contribution in [0.2, 0.25) is 0 Å². The number of rotatable bonds is 3. The molecule has 2 aromatic carbocycles. The molecule has 1 aliphatic heterocycles. The van der Waals surface area contributed by atoms with Gasteiger partial charge in [0, 0.05) is 24.6 Å². The maximum absolute atomic E-state index is 4.84. The molecule has 0 radical (unpaired) electrons. The molecule has 3 heterocycles. The van der Waals surface area contributed by atoms with Crippen molar-refractivity contribution in [3.8, 4) is 11.4 Å². The minimum absolute atomic E-state index is 0.559. The number of benzene rings is 2. The number of hydrogen-bond acceptors (Lipinski definition) is 4. The summed E-state index contributed by atoms with van der Waals surface area (Å²) in [6, 6.07) is 24.9. The van der Waals surface area contributed by atoms with E-state index < -0.39 is 0 Å². The van der Waals surface area contributed by atoms with Gasteiger partial charge in [0.25, 0.3) is 0 Å². The third-order valence-corrected chi connectivity index (χ3v) is 5.06. The van der Waals surface area contributed by atoms with Crippen LogP contribution in [0.15, 0.2) is 72.8 Å². The Morgan fingerprint density at radius 2 is 1.58 bits per heavy atom. The predicted octanol–water partition coefficient (Wildman–Crippen LogP) is 3.79. The van der Waals surface area contributed by atoms with Crippen molar-refractivity contribution < 1.29 is 0 Å². The van der Waals surface area contributed by atoms with Gasteiger partial charge in [0.05, 0.1) is 0 Å². The van der Waals surface area contributed by atoms with E-state index in [4.69, 9.17) is 5.10 Å². The molecular weight excluding hydrogens is 322 g/mol. The van der Waals surface area contributed by atoms with Gasteiger partial charge in [-0.3, -0.25) is 0 Å². The lowest BCUT2D eigenvalue weighted by Crippen LogP contribution is -2.21. The van der Waals surface area contributed by atoms with Gasteiger partial charge >= 0.3 is 0 Å². The van der Waals surface area contributed by atoms with E-state index in [2.05, 4.69) is 45.4 Å². The van der Waals surface area contributed by atoms with Crippen molar-refractivity contribution in [2.75, 3.05) is 18.0 Å². The molecule has 26 heavy (non-hydrogen) atoms. The summed E-state index contributed by atoms with van der Waals surface area (Å²) in [5.74, 6) is 2.32. The maximum atomic E-state index is 4.84. The first-order valence-electron chi connectivity index (χ1n) is 8.96. The Hall–Kier alpha value is -3.21. The van der Waals surface area contributed by atoms with Crippen LogP contribution in [-0.2, 0) is 0 Å². The quantitative estimate of drug-likeness (QED) is 0.569. The summed E-state index contributed by atoms with van der Waals surface area (Å²) in [6.45, 7) is 2.01. The molecule has 0 spiro atoms. The van der Waals surface area contributed by atoms with Gasteiger partial charge in [0.2, 0.25) is 0 Å². The third-order valence-electron chi connectivity index (χ3n) is 5.06. The van der Waals surface area contributed by atoms with E-state index in [1.165, 1.54) is 5.56 Å². The Morgan fingerprint density at radius 3 is 2.38 bits per heavy atom. The monoisotopic (exact) mass is 341 g/mol. The van der Waals surface area contributed by atoms with Gasteiger partial charge in [-0.25, -0.2) is 0 Å². The zero-order valence-electron chi connectivity index (χ0n) is 14.4. The summed E-state index contributed by atoms with van der Waals surface area (Å²) >= 11 is 0. The van der Waals surface area contributed by atoms with E-state index in [0.29, 0.717) is 5.92 Å². The van der Waals surface area contributed by atoms with Crippen LogP contribution < -0.4 is 4.90 Å². The van der Waals surface area contributed by atoms with E-state index in [-0.39, 0.29) is 0 Å². The Balaban J connectivity index is 1.47. The number of hydrogen-bond donors (Lipinski definition) is 0. The molecule has 0 saturated carbocycles. The molecule has 2 aromatic heterocycles. The highest BCUT2D eigenvalue weighted by Gasteiger charge is 2.25. The van der Waals surface area contributed by atoms with Gasteiger partial charge in [-0.2, -0.15) is 4.52 Å². The van der Waals surface area contributed by atoms with Gasteiger partial charge in [0.1, 0.15) is 5.82 Å². The fraction of sp³-hybridized carbons (Fsp3) is 0.190. The van der Waals surface area contributed by atoms with Crippen LogP contribution in [0.5, 0.6) is 0 Å². The van der Waals surface area contributed by atoms with Gasteiger partial charge in [-0.05, 0) is 24.1 Å². The average Bonchev–Trinajstić information content (AvgIpc) is 3.36. The lowest BCUT2D eigenvalue weighted by atomic mass is 9.99. The average molecular weight is 341 g/mol. The Kier molecular flexibility index (Phi) is 3.63. The molecule has 1 aliphatic rings. The van der Waals surface area contributed by atoms with Crippen molar-refractivity contribution >= 4 is 11.5 Å². The highest BCUT2D eigenvalue weighted by molar-refractivity contribution is 5.59. The summed E-state index contributed by atoms with van der Waals surface area (Å²) in [7, 11) is 0. The topological polar surface area (TPSA) is 46.3 Å². The normalized spacial score (nSPS) is 17.1. The maximum Gasteiger partial charge on any atom is 0.185 e. The highest BCUT2D eigenvalue weighted by Crippen LogP contribution is 2.30. The zero-order chi connectivity index (χ0) is 17.3. The van der Waals surface area contributed by atoms with Crippen LogP contribution in [0, 0.1) is 0 Å². The molecule has 0 N–H and O–H groups in total. The minimum atomic E-state index is 0.559. The molecule has 5 heteroatoms. The Labute approximate surface area is 151 Å². The van der Waals surface area contributed by atoms with Crippen molar-refractivity contribution in [3.05, 3.63) is 78.4 Å². The van der Waals surface area contributed by atoms with Crippen molar-refractivity contribution in [1.29, 1.82) is 0 Å². The molecule has 1 atom stereocenters. The Morgan fingerprint density at radius 1 is 0.808 bits per heavy atom. The molecule has 0 aliphatic carbocycles. The molecular formula is C21H19N5. The van der Waals surface area contributed by atoms with Gasteiger partial charge in [-0.1, -0.05) is 60.7 Å². The van der Waals surface area contributed by atoms with E-state index in [9.17, 15) is 0 Å². The molecule has 0 amide bonds. The molecule has 5 rings (SSSR count). The predicted molar refractivity (Wildman–Crippen MR) is 102 cm³/mol. The van der Waals surface area contributed by atoms with Gasteiger partial charge in [0.15, 0.2) is 11.5 Å². The first-order valence-corrected chi connectivity index (χ1v) is 8.96. The minimum Gasteiger partial charge on any atom is -0.355 e. The van der Waals surface area contributed by atoms with E-state index >= 15 is 0 Å². The van der Waals surface area contributed by atoms with Gasteiger partial charge in [-0.15, -0.1) is 15.3 Å². The second-order valence-corrected chi connectivity index (χ2v) is 6.69. The van der Waals surface area contributed by atoms with Crippen molar-refractivity contribution in [2.24, 2.45) is 0 Å². The SMILES string of the molecule is c1ccc(-c2nnc3ccc(N4CCC(c5ccccc5)C4)nn23)cc1. The van der Waals surface area contributed by atoms with Gasteiger partial charge < -0.3 is 4.90 Å². The summed E-state index contributed by atoms with van der Waals surface area (Å²) in [5, 5.41) is 13.4. The molecule has 1 unspecified atom stereocenters. The summed E-state index contributed by atoms with van der Waals surface area (Å²) < 4.78 is 1.85. The second-order valence-electron chi connectivity index (χ2n) is 6.69. The van der Waals surface area contributed by atoms with Crippen LogP contribution in [0.3, 0.4) is 0 Å². The van der Waals surface area contributed by atoms with Crippen LogP contribution in [-0.4, -0.2) is 32.9 Å². The van der Waals surface area contributed by atoms with Crippen LogP contribution >= 0.6 is 0 Å². The number of aromatic nitrogens is 4. The lowest BCUT2D eigenvalue weighted by Gasteiger charge is -2.17. The largest absolute Gasteiger partial charge is 0.355 e. The molecule has 1 saturated heterocycles.